The second-order valence-electron chi connectivity index (χ2n) is 10.4. The molecule has 0 aliphatic carbocycles. The van der Waals surface area contributed by atoms with E-state index in [1.54, 1.807) is 79.1 Å². The lowest BCUT2D eigenvalue weighted by molar-refractivity contribution is -0.126. The third kappa shape index (κ3) is 4.30. The topological polar surface area (TPSA) is 86.7 Å². The highest BCUT2D eigenvalue weighted by Gasteiger charge is 2.60. The summed E-state index contributed by atoms with van der Waals surface area (Å²) >= 11 is 13.4. The zero-order valence-corrected chi connectivity index (χ0v) is 25.1. The summed E-state index contributed by atoms with van der Waals surface area (Å²) in [6.07, 6.45) is 5.03. The van der Waals surface area contributed by atoms with Crippen LogP contribution in [0.25, 0.3) is 10.9 Å². The van der Waals surface area contributed by atoms with Crippen molar-refractivity contribution in [1.29, 1.82) is 0 Å². The zero-order chi connectivity index (χ0) is 29.8. The summed E-state index contributed by atoms with van der Waals surface area (Å²) in [5.74, 6) is -0.636. The molecule has 3 aromatic carbocycles. The number of para-hydroxylation sites is 1. The van der Waals surface area contributed by atoms with Crippen LogP contribution in [0, 0.1) is 0 Å². The van der Waals surface area contributed by atoms with E-state index in [9.17, 15) is 8.42 Å². The summed E-state index contributed by atoms with van der Waals surface area (Å²) in [7, 11) is -4.43. The van der Waals surface area contributed by atoms with Crippen molar-refractivity contribution in [3.05, 3.63) is 125 Å². The van der Waals surface area contributed by atoms with E-state index < -0.39 is 21.5 Å². The number of pyridine rings is 2. The number of anilines is 2. The van der Waals surface area contributed by atoms with Gasteiger partial charge in [0.1, 0.15) is 4.90 Å². The maximum atomic E-state index is 15.1. The Bertz CT molecular complexity index is 1980. The van der Waals surface area contributed by atoms with Gasteiger partial charge in [0.15, 0.2) is 5.54 Å². The lowest BCUT2D eigenvalue weighted by atomic mass is 9.81. The number of halogens is 2. The smallest absolute Gasteiger partial charge is 0.273 e. The number of carbonyl (C=O) groups is 1. The standard InChI is InChI=1S/C32H25Cl2N5O3S/c33-23-10-11-28-26(21-23)32(25-7-1-2-8-27(25)34,38-19-17-37(18-20-38)24-12-15-35-16-13-24)31(40)39(28)43(41,42)29-9-3-5-22-6-4-14-36-30(22)29/h1-16,21H,17-20H2. The number of hydrogen-bond donors (Lipinski definition) is 0. The summed E-state index contributed by atoms with van der Waals surface area (Å²) in [5, 5.41) is 1.38. The van der Waals surface area contributed by atoms with E-state index in [1.807, 2.05) is 17.0 Å². The Hall–Kier alpha value is -4.02. The van der Waals surface area contributed by atoms with E-state index in [1.165, 1.54) is 12.3 Å². The molecule has 7 rings (SSSR count). The third-order valence-electron chi connectivity index (χ3n) is 8.22. The SMILES string of the molecule is O=C1N(S(=O)(=O)c2cccc3cccnc23)c2ccc(Cl)cc2C1(c1ccccc1Cl)N1CCN(c2ccncc2)CC1. The summed E-state index contributed by atoms with van der Waals surface area (Å²) < 4.78 is 30.1. The highest BCUT2D eigenvalue weighted by Crippen LogP contribution is 2.53. The Morgan fingerprint density at radius 2 is 1.51 bits per heavy atom. The molecule has 1 amide bonds. The molecule has 4 heterocycles. The Morgan fingerprint density at radius 1 is 0.767 bits per heavy atom. The lowest BCUT2D eigenvalue weighted by Crippen LogP contribution is -2.60. The minimum absolute atomic E-state index is 0.0580. The molecule has 1 fully saturated rings. The van der Waals surface area contributed by atoms with Gasteiger partial charge in [0.25, 0.3) is 15.9 Å². The first-order valence-corrected chi connectivity index (χ1v) is 15.9. The maximum Gasteiger partial charge on any atom is 0.273 e. The van der Waals surface area contributed by atoms with Gasteiger partial charge in [-0.05, 0) is 48.5 Å². The molecule has 5 aromatic rings. The monoisotopic (exact) mass is 629 g/mol. The van der Waals surface area contributed by atoms with Crippen LogP contribution < -0.4 is 9.21 Å². The Balaban J connectivity index is 1.43. The fourth-order valence-electron chi connectivity index (χ4n) is 6.31. The van der Waals surface area contributed by atoms with E-state index in [4.69, 9.17) is 23.2 Å². The first kappa shape index (κ1) is 27.8. The van der Waals surface area contributed by atoms with Crippen molar-refractivity contribution in [2.75, 3.05) is 35.4 Å². The molecule has 43 heavy (non-hydrogen) atoms. The van der Waals surface area contributed by atoms with Gasteiger partial charge in [-0.1, -0.05) is 59.6 Å². The molecule has 216 valence electrons. The number of carbonyl (C=O) groups excluding carboxylic acids is 1. The molecule has 8 nitrogen and oxygen atoms in total. The van der Waals surface area contributed by atoms with Crippen molar-refractivity contribution >= 4 is 61.4 Å². The summed E-state index contributed by atoms with van der Waals surface area (Å²) in [4.78, 5) is 27.8. The van der Waals surface area contributed by atoms with Gasteiger partial charge in [-0.25, -0.2) is 12.7 Å². The second kappa shape index (κ2) is 10.6. The fourth-order valence-corrected chi connectivity index (χ4v) is 8.39. The molecular weight excluding hydrogens is 605 g/mol. The Morgan fingerprint density at radius 3 is 2.28 bits per heavy atom. The molecule has 0 radical (unpaired) electrons. The van der Waals surface area contributed by atoms with Gasteiger partial charge >= 0.3 is 0 Å². The van der Waals surface area contributed by atoms with E-state index >= 15 is 4.79 Å². The number of benzene rings is 3. The molecule has 0 N–H and O–H groups in total. The van der Waals surface area contributed by atoms with Crippen molar-refractivity contribution in [3.63, 3.8) is 0 Å². The summed E-state index contributed by atoms with van der Waals surface area (Å²) in [6, 6.07) is 24.3. The predicted octanol–water partition coefficient (Wildman–Crippen LogP) is 5.74. The van der Waals surface area contributed by atoms with Gasteiger partial charge in [-0.15, -0.1) is 0 Å². The van der Waals surface area contributed by atoms with Crippen molar-refractivity contribution < 1.29 is 13.2 Å². The van der Waals surface area contributed by atoms with Gasteiger partial charge in [0.05, 0.1) is 11.2 Å². The van der Waals surface area contributed by atoms with Gasteiger partial charge in [0.2, 0.25) is 0 Å². The van der Waals surface area contributed by atoms with Crippen LogP contribution in [0.3, 0.4) is 0 Å². The molecule has 2 aromatic heterocycles. The van der Waals surface area contributed by atoms with Crippen molar-refractivity contribution in [2.45, 2.75) is 10.4 Å². The van der Waals surface area contributed by atoms with E-state index in [0.29, 0.717) is 52.7 Å². The quantitative estimate of drug-likeness (QED) is 0.245. The van der Waals surface area contributed by atoms with Crippen molar-refractivity contribution in [3.8, 4) is 0 Å². The van der Waals surface area contributed by atoms with Gasteiger partial charge in [-0.3, -0.25) is 19.7 Å². The van der Waals surface area contributed by atoms with Crippen LogP contribution in [-0.4, -0.2) is 55.4 Å². The van der Waals surface area contributed by atoms with Crippen LogP contribution in [0.2, 0.25) is 10.0 Å². The molecule has 1 unspecified atom stereocenters. The number of piperazine rings is 1. The fraction of sp³-hybridized carbons (Fsp3) is 0.156. The molecule has 1 atom stereocenters. The van der Waals surface area contributed by atoms with E-state index in [2.05, 4.69) is 14.9 Å². The highest BCUT2D eigenvalue weighted by atomic mass is 35.5. The number of nitrogens with zero attached hydrogens (tertiary/aromatic N) is 5. The van der Waals surface area contributed by atoms with Gasteiger partial charge in [0, 0.05) is 77.0 Å². The number of sulfonamides is 1. The van der Waals surface area contributed by atoms with Gasteiger partial charge in [-0.2, -0.15) is 0 Å². The first-order chi connectivity index (χ1) is 20.8. The molecule has 0 spiro atoms. The van der Waals surface area contributed by atoms with Crippen LogP contribution in [-0.2, 0) is 20.4 Å². The average Bonchev–Trinajstić information content (AvgIpc) is 3.29. The van der Waals surface area contributed by atoms with E-state index in [-0.39, 0.29) is 16.1 Å². The summed E-state index contributed by atoms with van der Waals surface area (Å²) in [6.45, 7) is 2.10. The van der Waals surface area contributed by atoms with Crippen LogP contribution in [0.5, 0.6) is 0 Å². The Labute approximate surface area is 259 Å². The van der Waals surface area contributed by atoms with Gasteiger partial charge < -0.3 is 4.90 Å². The molecule has 2 aliphatic rings. The lowest BCUT2D eigenvalue weighted by Gasteiger charge is -2.46. The summed E-state index contributed by atoms with van der Waals surface area (Å²) in [5.41, 5.74) is 0.959. The number of amides is 1. The molecule has 2 aliphatic heterocycles. The third-order valence-corrected chi connectivity index (χ3v) is 10.5. The van der Waals surface area contributed by atoms with Crippen LogP contribution in [0.4, 0.5) is 11.4 Å². The molecule has 1 saturated heterocycles. The van der Waals surface area contributed by atoms with Crippen LogP contribution in [0.1, 0.15) is 11.1 Å². The normalized spacial score (nSPS) is 19.2. The number of fused-ring (bicyclic) bond motifs is 2. The van der Waals surface area contributed by atoms with Crippen LogP contribution >= 0.6 is 23.2 Å². The van der Waals surface area contributed by atoms with Crippen molar-refractivity contribution in [1.82, 2.24) is 14.9 Å². The average molecular weight is 631 g/mol. The molecule has 0 bridgehead atoms. The largest absolute Gasteiger partial charge is 0.369 e. The zero-order valence-electron chi connectivity index (χ0n) is 22.8. The maximum absolute atomic E-state index is 15.1. The first-order valence-electron chi connectivity index (χ1n) is 13.7. The Kier molecular flexibility index (Phi) is 6.85. The number of rotatable bonds is 5. The molecule has 11 heteroatoms. The molecular formula is C32H25Cl2N5O3S. The number of aromatic nitrogens is 2. The van der Waals surface area contributed by atoms with Crippen LogP contribution in [0.15, 0.2) is 108 Å². The number of hydrogen-bond acceptors (Lipinski definition) is 7. The minimum atomic E-state index is -4.43. The van der Waals surface area contributed by atoms with E-state index in [0.717, 1.165) is 9.99 Å². The minimum Gasteiger partial charge on any atom is -0.369 e. The highest BCUT2D eigenvalue weighted by molar-refractivity contribution is 7.93. The predicted molar refractivity (Wildman–Crippen MR) is 168 cm³/mol. The molecule has 0 saturated carbocycles. The van der Waals surface area contributed by atoms with Crippen molar-refractivity contribution in [2.24, 2.45) is 0 Å². The second-order valence-corrected chi connectivity index (χ2v) is 13.0.